The van der Waals surface area contributed by atoms with Crippen molar-refractivity contribution in [2.24, 2.45) is 0 Å². The fourth-order valence-corrected chi connectivity index (χ4v) is 1.39. The van der Waals surface area contributed by atoms with Crippen molar-refractivity contribution in [2.75, 3.05) is 6.61 Å². The minimum Gasteiger partial charge on any atom is -0.479 e. The Morgan fingerprint density at radius 2 is 1.67 bits per heavy atom. The number of carboxylic acids is 1. The number of hydrogen-bond acceptors (Lipinski definition) is 2. The van der Waals surface area contributed by atoms with Gasteiger partial charge in [-0.3, -0.25) is 0 Å². The number of carboxylic acid groups (broad SMARTS) is 1. The maximum Gasteiger partial charge on any atom is 0.332 e. The van der Waals surface area contributed by atoms with Crippen molar-refractivity contribution in [3.63, 3.8) is 0 Å². The minimum atomic E-state index is -0.877. The highest BCUT2D eigenvalue weighted by Crippen LogP contribution is 2.07. The summed E-state index contributed by atoms with van der Waals surface area (Å²) >= 11 is 0. The largest absolute Gasteiger partial charge is 0.479 e. The van der Waals surface area contributed by atoms with Crippen molar-refractivity contribution < 1.29 is 14.6 Å². The molecule has 0 amide bonds. The van der Waals surface area contributed by atoms with Crippen LogP contribution in [0.15, 0.2) is 0 Å². The fraction of sp³-hybridized carbons (Fsp3) is 0.917. The summed E-state index contributed by atoms with van der Waals surface area (Å²) in [7, 11) is 0. The molecule has 1 atom stereocenters. The molecule has 90 valence electrons. The second-order valence-electron chi connectivity index (χ2n) is 3.97. The molecule has 0 rings (SSSR count). The zero-order valence-electron chi connectivity index (χ0n) is 10.00. The number of ether oxygens (including phenoxy) is 1. The van der Waals surface area contributed by atoms with Crippen molar-refractivity contribution in [1.29, 1.82) is 0 Å². The van der Waals surface area contributed by atoms with Crippen molar-refractivity contribution in [2.45, 2.75) is 64.9 Å². The van der Waals surface area contributed by atoms with Crippen LogP contribution in [0.2, 0.25) is 0 Å². The van der Waals surface area contributed by atoms with E-state index >= 15 is 0 Å². The summed E-state index contributed by atoms with van der Waals surface area (Å²) in [6.45, 7) is 4.35. The SMILES string of the molecule is CCCCCCCCCOC(C)C(=O)O. The average Bonchev–Trinajstić information content (AvgIpc) is 2.21. The van der Waals surface area contributed by atoms with Crippen molar-refractivity contribution in [3.8, 4) is 0 Å². The first-order valence-corrected chi connectivity index (χ1v) is 6.03. The van der Waals surface area contributed by atoms with E-state index in [-0.39, 0.29) is 0 Å². The number of carbonyl (C=O) groups is 1. The van der Waals surface area contributed by atoms with Gasteiger partial charge in [0.25, 0.3) is 0 Å². The van der Waals surface area contributed by atoms with Gasteiger partial charge in [-0.15, -0.1) is 0 Å². The van der Waals surface area contributed by atoms with Gasteiger partial charge in [0, 0.05) is 6.61 Å². The Kier molecular flexibility index (Phi) is 9.59. The Morgan fingerprint density at radius 3 is 2.20 bits per heavy atom. The van der Waals surface area contributed by atoms with Crippen LogP contribution in [0.4, 0.5) is 0 Å². The number of unbranched alkanes of at least 4 members (excludes halogenated alkanes) is 6. The first kappa shape index (κ1) is 14.4. The molecular weight excluding hydrogens is 192 g/mol. The molecule has 15 heavy (non-hydrogen) atoms. The lowest BCUT2D eigenvalue weighted by Gasteiger charge is -2.07. The van der Waals surface area contributed by atoms with E-state index in [4.69, 9.17) is 9.84 Å². The lowest BCUT2D eigenvalue weighted by molar-refractivity contribution is -0.149. The van der Waals surface area contributed by atoms with E-state index in [9.17, 15) is 4.79 Å². The van der Waals surface area contributed by atoms with Gasteiger partial charge in [-0.05, 0) is 13.3 Å². The predicted octanol–water partition coefficient (Wildman–Crippen LogP) is 3.23. The minimum absolute atomic E-state index is 0.571. The second-order valence-corrected chi connectivity index (χ2v) is 3.97. The van der Waals surface area contributed by atoms with Crippen LogP contribution in [0.3, 0.4) is 0 Å². The Morgan fingerprint density at radius 1 is 1.13 bits per heavy atom. The number of rotatable bonds is 10. The quantitative estimate of drug-likeness (QED) is 0.570. The van der Waals surface area contributed by atoms with Crippen LogP contribution in [-0.4, -0.2) is 23.8 Å². The van der Waals surface area contributed by atoms with Gasteiger partial charge in [0.2, 0.25) is 0 Å². The summed E-state index contributed by atoms with van der Waals surface area (Å²) in [6, 6.07) is 0. The van der Waals surface area contributed by atoms with E-state index in [0.717, 1.165) is 12.8 Å². The molecule has 0 aliphatic carbocycles. The van der Waals surface area contributed by atoms with Crippen molar-refractivity contribution >= 4 is 5.97 Å². The van der Waals surface area contributed by atoms with E-state index in [1.807, 2.05) is 0 Å². The first-order valence-electron chi connectivity index (χ1n) is 6.03. The zero-order valence-corrected chi connectivity index (χ0v) is 10.00. The zero-order chi connectivity index (χ0) is 11.5. The molecule has 1 N–H and O–H groups in total. The van der Waals surface area contributed by atoms with Gasteiger partial charge in [-0.2, -0.15) is 0 Å². The summed E-state index contributed by atoms with van der Waals surface area (Å²) < 4.78 is 5.13. The van der Waals surface area contributed by atoms with Crippen molar-refractivity contribution in [1.82, 2.24) is 0 Å². The normalized spacial score (nSPS) is 12.7. The summed E-state index contributed by atoms with van der Waals surface area (Å²) in [5, 5.41) is 8.56. The Bertz CT molecular complexity index is 157. The van der Waals surface area contributed by atoms with Gasteiger partial charge >= 0.3 is 5.97 Å². The molecule has 0 saturated heterocycles. The molecule has 0 aromatic heterocycles. The highest BCUT2D eigenvalue weighted by molar-refractivity contribution is 5.71. The lowest BCUT2D eigenvalue weighted by Crippen LogP contribution is -2.20. The maximum atomic E-state index is 10.4. The smallest absolute Gasteiger partial charge is 0.332 e. The van der Waals surface area contributed by atoms with Gasteiger partial charge in [-0.25, -0.2) is 4.79 Å². The molecule has 0 aromatic carbocycles. The summed E-state index contributed by atoms with van der Waals surface area (Å²) in [5.74, 6) is -0.877. The number of hydrogen-bond donors (Lipinski definition) is 1. The van der Waals surface area contributed by atoms with Crippen LogP contribution in [0.5, 0.6) is 0 Å². The molecule has 0 saturated carbocycles. The molecule has 0 radical (unpaired) electrons. The molecule has 0 spiro atoms. The lowest BCUT2D eigenvalue weighted by atomic mass is 10.1. The van der Waals surface area contributed by atoms with Gasteiger partial charge in [0.05, 0.1) is 0 Å². The van der Waals surface area contributed by atoms with Crippen LogP contribution < -0.4 is 0 Å². The molecule has 0 fully saturated rings. The van der Waals surface area contributed by atoms with Gasteiger partial charge in [0.1, 0.15) is 0 Å². The third kappa shape index (κ3) is 9.73. The number of aliphatic carboxylic acids is 1. The Hall–Kier alpha value is -0.570. The third-order valence-corrected chi connectivity index (χ3v) is 2.46. The molecule has 0 heterocycles. The van der Waals surface area contributed by atoms with Gasteiger partial charge < -0.3 is 9.84 Å². The van der Waals surface area contributed by atoms with Crippen LogP contribution in [0, 0.1) is 0 Å². The van der Waals surface area contributed by atoms with Crippen LogP contribution in [-0.2, 0) is 9.53 Å². The molecule has 3 heteroatoms. The fourth-order valence-electron chi connectivity index (χ4n) is 1.39. The highest BCUT2D eigenvalue weighted by atomic mass is 16.5. The predicted molar refractivity (Wildman–Crippen MR) is 61.0 cm³/mol. The van der Waals surface area contributed by atoms with Crippen LogP contribution >= 0.6 is 0 Å². The second kappa shape index (κ2) is 9.97. The molecule has 0 bridgehead atoms. The standard InChI is InChI=1S/C12H24O3/c1-3-4-5-6-7-8-9-10-15-11(2)12(13)14/h11H,3-10H2,1-2H3,(H,13,14). The summed E-state index contributed by atoms with van der Waals surface area (Å²) in [4.78, 5) is 10.4. The highest BCUT2D eigenvalue weighted by Gasteiger charge is 2.09. The third-order valence-electron chi connectivity index (χ3n) is 2.46. The summed E-state index contributed by atoms with van der Waals surface area (Å²) in [5.41, 5.74) is 0. The maximum absolute atomic E-state index is 10.4. The molecule has 0 aliphatic rings. The summed E-state index contributed by atoms with van der Waals surface area (Å²) in [6.07, 6.45) is 7.92. The van der Waals surface area contributed by atoms with Crippen LogP contribution in [0.25, 0.3) is 0 Å². The van der Waals surface area contributed by atoms with Crippen LogP contribution in [0.1, 0.15) is 58.8 Å². The monoisotopic (exact) mass is 216 g/mol. The molecule has 0 aliphatic heterocycles. The van der Waals surface area contributed by atoms with E-state index in [2.05, 4.69) is 6.92 Å². The average molecular weight is 216 g/mol. The Labute approximate surface area is 92.8 Å². The van der Waals surface area contributed by atoms with Gasteiger partial charge in [-0.1, -0.05) is 45.4 Å². The van der Waals surface area contributed by atoms with Gasteiger partial charge in [0.15, 0.2) is 6.10 Å². The Balaban J connectivity index is 3.08. The first-order chi connectivity index (χ1) is 7.18. The van der Waals surface area contributed by atoms with E-state index in [0.29, 0.717) is 6.61 Å². The molecular formula is C12H24O3. The molecule has 0 aromatic rings. The van der Waals surface area contributed by atoms with E-state index in [1.165, 1.54) is 32.1 Å². The van der Waals surface area contributed by atoms with E-state index < -0.39 is 12.1 Å². The molecule has 1 unspecified atom stereocenters. The van der Waals surface area contributed by atoms with Crippen molar-refractivity contribution in [3.05, 3.63) is 0 Å². The van der Waals surface area contributed by atoms with E-state index in [1.54, 1.807) is 6.92 Å². The molecule has 3 nitrogen and oxygen atoms in total. The topological polar surface area (TPSA) is 46.5 Å².